The molecule has 0 saturated carbocycles. The van der Waals surface area contributed by atoms with Crippen molar-refractivity contribution in [1.82, 2.24) is 5.32 Å². The molecule has 0 aliphatic heterocycles. The van der Waals surface area contributed by atoms with Crippen molar-refractivity contribution < 1.29 is 4.74 Å². The van der Waals surface area contributed by atoms with Crippen LogP contribution in [0, 0.1) is 0 Å². The van der Waals surface area contributed by atoms with Gasteiger partial charge in [-0.2, -0.15) is 0 Å². The van der Waals surface area contributed by atoms with Gasteiger partial charge < -0.3 is 10.1 Å². The summed E-state index contributed by atoms with van der Waals surface area (Å²) >= 11 is 0. The van der Waals surface area contributed by atoms with E-state index < -0.39 is 0 Å². The van der Waals surface area contributed by atoms with Crippen LogP contribution in [0.2, 0.25) is 0 Å². The minimum atomic E-state index is -0.126. The highest BCUT2D eigenvalue weighted by Crippen LogP contribution is 2.23. The summed E-state index contributed by atoms with van der Waals surface area (Å²) in [5.74, 6) is 0. The molecule has 0 spiro atoms. The summed E-state index contributed by atoms with van der Waals surface area (Å²) < 4.78 is 6.11. The SMILES string of the molecule is CC(C)NCC(OC(C)(C)C)c1ccccc1. The van der Waals surface area contributed by atoms with E-state index in [1.54, 1.807) is 0 Å². The third-order valence-corrected chi connectivity index (χ3v) is 2.38. The predicted molar refractivity (Wildman–Crippen MR) is 73.2 cm³/mol. The first kappa shape index (κ1) is 14.2. The van der Waals surface area contributed by atoms with Crippen LogP contribution in [0.4, 0.5) is 0 Å². The molecule has 0 heterocycles. The molecule has 1 aromatic carbocycles. The van der Waals surface area contributed by atoms with E-state index in [-0.39, 0.29) is 11.7 Å². The molecule has 0 bridgehead atoms. The smallest absolute Gasteiger partial charge is 0.0956 e. The van der Waals surface area contributed by atoms with Crippen LogP contribution in [0.3, 0.4) is 0 Å². The summed E-state index contributed by atoms with van der Waals surface area (Å²) in [4.78, 5) is 0. The van der Waals surface area contributed by atoms with Gasteiger partial charge >= 0.3 is 0 Å². The van der Waals surface area contributed by atoms with Gasteiger partial charge in [0.05, 0.1) is 11.7 Å². The Bertz CT molecular complexity index is 313. The fourth-order valence-corrected chi connectivity index (χ4v) is 1.66. The van der Waals surface area contributed by atoms with E-state index in [0.29, 0.717) is 6.04 Å². The van der Waals surface area contributed by atoms with Gasteiger partial charge in [0, 0.05) is 12.6 Å². The highest BCUT2D eigenvalue weighted by Gasteiger charge is 2.20. The first-order chi connectivity index (χ1) is 7.88. The summed E-state index contributed by atoms with van der Waals surface area (Å²) in [7, 11) is 0. The fourth-order valence-electron chi connectivity index (χ4n) is 1.66. The molecule has 1 unspecified atom stereocenters. The van der Waals surface area contributed by atoms with Crippen molar-refractivity contribution in [1.29, 1.82) is 0 Å². The van der Waals surface area contributed by atoms with Gasteiger partial charge in [0.2, 0.25) is 0 Å². The van der Waals surface area contributed by atoms with Gasteiger partial charge in [-0.3, -0.25) is 0 Å². The quantitative estimate of drug-likeness (QED) is 0.843. The molecule has 96 valence electrons. The van der Waals surface area contributed by atoms with E-state index >= 15 is 0 Å². The minimum Gasteiger partial charge on any atom is -0.367 e. The molecule has 2 nitrogen and oxygen atoms in total. The maximum atomic E-state index is 6.11. The van der Waals surface area contributed by atoms with Gasteiger partial charge in [0.15, 0.2) is 0 Å². The van der Waals surface area contributed by atoms with Crippen molar-refractivity contribution in [3.05, 3.63) is 35.9 Å². The summed E-state index contributed by atoms with van der Waals surface area (Å²) in [6, 6.07) is 10.9. The van der Waals surface area contributed by atoms with Gasteiger partial charge in [0.1, 0.15) is 0 Å². The van der Waals surface area contributed by atoms with Crippen LogP contribution in [0.15, 0.2) is 30.3 Å². The van der Waals surface area contributed by atoms with Crippen LogP contribution < -0.4 is 5.32 Å². The fraction of sp³-hybridized carbons (Fsp3) is 0.600. The van der Waals surface area contributed by atoms with E-state index in [1.165, 1.54) is 5.56 Å². The summed E-state index contributed by atoms with van der Waals surface area (Å²) in [5, 5.41) is 3.44. The molecule has 0 saturated heterocycles. The summed E-state index contributed by atoms with van der Waals surface area (Å²) in [6.45, 7) is 11.4. The van der Waals surface area contributed by atoms with Crippen LogP contribution >= 0.6 is 0 Å². The van der Waals surface area contributed by atoms with Gasteiger partial charge in [-0.05, 0) is 26.3 Å². The molecule has 1 atom stereocenters. The van der Waals surface area contributed by atoms with Crippen molar-refractivity contribution in [2.45, 2.75) is 52.4 Å². The van der Waals surface area contributed by atoms with Crippen LogP contribution in [0.1, 0.15) is 46.3 Å². The molecule has 0 aromatic heterocycles. The highest BCUT2D eigenvalue weighted by molar-refractivity contribution is 5.18. The number of rotatable bonds is 5. The average molecular weight is 235 g/mol. The second-order valence-electron chi connectivity index (χ2n) is 5.69. The lowest BCUT2D eigenvalue weighted by Gasteiger charge is -2.28. The third-order valence-electron chi connectivity index (χ3n) is 2.38. The van der Waals surface area contributed by atoms with Crippen molar-refractivity contribution in [2.24, 2.45) is 0 Å². The van der Waals surface area contributed by atoms with E-state index in [4.69, 9.17) is 4.74 Å². The first-order valence-electron chi connectivity index (χ1n) is 6.34. The van der Waals surface area contributed by atoms with E-state index in [0.717, 1.165) is 6.54 Å². The van der Waals surface area contributed by atoms with Gasteiger partial charge in [-0.25, -0.2) is 0 Å². The zero-order valence-electron chi connectivity index (χ0n) is 11.7. The maximum absolute atomic E-state index is 6.11. The molecule has 0 aliphatic rings. The Morgan fingerprint density at radius 1 is 1.12 bits per heavy atom. The van der Waals surface area contributed by atoms with Crippen LogP contribution in [-0.4, -0.2) is 18.2 Å². The topological polar surface area (TPSA) is 21.3 Å². The van der Waals surface area contributed by atoms with Gasteiger partial charge in [-0.1, -0.05) is 44.2 Å². The number of hydrogen-bond acceptors (Lipinski definition) is 2. The summed E-state index contributed by atoms with van der Waals surface area (Å²) in [5.41, 5.74) is 1.11. The largest absolute Gasteiger partial charge is 0.367 e. The number of hydrogen-bond donors (Lipinski definition) is 1. The first-order valence-corrected chi connectivity index (χ1v) is 6.34. The normalized spacial score (nSPS) is 14.0. The maximum Gasteiger partial charge on any atom is 0.0956 e. The van der Waals surface area contributed by atoms with Gasteiger partial charge in [-0.15, -0.1) is 0 Å². The zero-order chi connectivity index (χ0) is 12.9. The van der Waals surface area contributed by atoms with Gasteiger partial charge in [0.25, 0.3) is 0 Å². The number of ether oxygens (including phenoxy) is 1. The lowest BCUT2D eigenvalue weighted by Crippen LogP contribution is -2.33. The monoisotopic (exact) mass is 235 g/mol. The molecule has 0 radical (unpaired) electrons. The van der Waals surface area contributed by atoms with Crippen molar-refractivity contribution >= 4 is 0 Å². The number of nitrogens with one attached hydrogen (secondary N) is 1. The molecule has 1 aromatic rings. The van der Waals surface area contributed by atoms with Crippen molar-refractivity contribution in [2.75, 3.05) is 6.54 Å². The molecule has 17 heavy (non-hydrogen) atoms. The lowest BCUT2D eigenvalue weighted by molar-refractivity contribution is -0.0612. The molecule has 2 heteroatoms. The van der Waals surface area contributed by atoms with Crippen LogP contribution in [0.25, 0.3) is 0 Å². The lowest BCUT2D eigenvalue weighted by atomic mass is 10.1. The molecule has 1 N–H and O–H groups in total. The Balaban J connectivity index is 2.72. The Hall–Kier alpha value is -0.860. The Labute approximate surface area is 105 Å². The van der Waals surface area contributed by atoms with Crippen LogP contribution in [-0.2, 0) is 4.74 Å². The molecule has 0 fully saturated rings. The predicted octanol–water partition coefficient (Wildman–Crippen LogP) is 3.54. The minimum absolute atomic E-state index is 0.110. The van der Waals surface area contributed by atoms with E-state index in [9.17, 15) is 0 Å². The molecular formula is C15H25NO. The highest BCUT2D eigenvalue weighted by atomic mass is 16.5. The van der Waals surface area contributed by atoms with Crippen molar-refractivity contribution in [3.8, 4) is 0 Å². The zero-order valence-corrected chi connectivity index (χ0v) is 11.7. The second-order valence-corrected chi connectivity index (χ2v) is 5.69. The van der Waals surface area contributed by atoms with Crippen molar-refractivity contribution in [3.63, 3.8) is 0 Å². The molecule has 0 amide bonds. The Kier molecular flexibility index (Phi) is 5.16. The summed E-state index contributed by atoms with van der Waals surface area (Å²) in [6.07, 6.45) is 0.110. The molecule has 1 rings (SSSR count). The Morgan fingerprint density at radius 3 is 2.18 bits per heavy atom. The average Bonchev–Trinajstić information content (AvgIpc) is 2.24. The third kappa shape index (κ3) is 5.85. The molecular weight excluding hydrogens is 210 g/mol. The van der Waals surface area contributed by atoms with E-state index in [1.807, 2.05) is 6.07 Å². The van der Waals surface area contributed by atoms with E-state index in [2.05, 4.69) is 64.2 Å². The Morgan fingerprint density at radius 2 is 1.71 bits per heavy atom. The number of benzene rings is 1. The second kappa shape index (κ2) is 6.18. The van der Waals surface area contributed by atoms with Crippen LogP contribution in [0.5, 0.6) is 0 Å². The standard InChI is InChI=1S/C15H25NO/c1-12(2)16-11-14(17-15(3,4)5)13-9-7-6-8-10-13/h6-10,12,14,16H,11H2,1-5H3. The molecule has 0 aliphatic carbocycles.